The van der Waals surface area contributed by atoms with Crippen LogP contribution in [0.3, 0.4) is 0 Å². The Kier molecular flexibility index (Phi) is 3.47. The molecule has 2 aromatic rings. The number of H-pyrrole nitrogens is 1. The Bertz CT molecular complexity index is 928. The molecule has 0 spiro atoms. The molecule has 0 fully saturated rings. The molecule has 1 aliphatic heterocycles. The summed E-state index contributed by atoms with van der Waals surface area (Å²) in [6, 6.07) is 2.42. The second-order valence-electron chi connectivity index (χ2n) is 5.23. The number of aromatic amines is 1. The lowest BCUT2D eigenvalue weighted by Crippen LogP contribution is -2.46. The summed E-state index contributed by atoms with van der Waals surface area (Å²) in [6.45, 7) is 0. The molecule has 1 atom stereocenters. The van der Waals surface area contributed by atoms with Crippen LogP contribution >= 0.6 is 0 Å². The molecule has 3 N–H and O–H groups in total. The molecule has 1 aromatic carbocycles. The van der Waals surface area contributed by atoms with Crippen LogP contribution in [0.5, 0.6) is 0 Å². The van der Waals surface area contributed by atoms with Gasteiger partial charge in [0, 0.05) is 7.05 Å². The van der Waals surface area contributed by atoms with Gasteiger partial charge in [-0.15, -0.1) is 0 Å². The zero-order valence-corrected chi connectivity index (χ0v) is 12.2. The largest absolute Gasteiger partial charge is 0.416 e. The molecule has 1 aromatic heterocycles. The van der Waals surface area contributed by atoms with E-state index >= 15 is 0 Å². The fraction of sp³-hybridized carbons (Fsp3) is 0.214. The molecule has 0 radical (unpaired) electrons. The van der Waals surface area contributed by atoms with E-state index in [1.54, 1.807) is 0 Å². The molecular formula is C14H11F3N4O3. The van der Waals surface area contributed by atoms with E-state index in [4.69, 9.17) is 0 Å². The van der Waals surface area contributed by atoms with Crippen LogP contribution in [0, 0.1) is 0 Å². The quantitative estimate of drug-likeness (QED) is 0.730. The van der Waals surface area contributed by atoms with Crippen molar-refractivity contribution in [3.8, 4) is 0 Å². The molecule has 2 heterocycles. The highest BCUT2D eigenvalue weighted by atomic mass is 19.4. The Balaban J connectivity index is 2.14. The van der Waals surface area contributed by atoms with Gasteiger partial charge in [0.25, 0.3) is 5.56 Å². The van der Waals surface area contributed by atoms with Crippen LogP contribution in [0.4, 0.5) is 23.8 Å². The number of carbonyl (C=O) groups excluding carboxylic acids is 1. The summed E-state index contributed by atoms with van der Waals surface area (Å²) in [5.74, 6) is -0.00241. The maximum absolute atomic E-state index is 12.7. The van der Waals surface area contributed by atoms with Gasteiger partial charge in [0.05, 0.1) is 17.2 Å². The molecule has 1 unspecified atom stereocenters. The first-order valence-corrected chi connectivity index (χ1v) is 6.76. The van der Waals surface area contributed by atoms with Crippen LogP contribution in [-0.2, 0) is 13.2 Å². The minimum absolute atomic E-state index is 0.00241. The fourth-order valence-electron chi connectivity index (χ4n) is 2.52. The first-order valence-electron chi connectivity index (χ1n) is 6.76. The molecule has 0 aliphatic carbocycles. The number of urea groups is 1. The Morgan fingerprint density at radius 2 is 1.71 bits per heavy atom. The van der Waals surface area contributed by atoms with Crippen molar-refractivity contribution < 1.29 is 18.0 Å². The first kappa shape index (κ1) is 15.8. The lowest BCUT2D eigenvalue weighted by Gasteiger charge is -2.27. The van der Waals surface area contributed by atoms with E-state index in [2.05, 4.69) is 15.6 Å². The number of carbonyl (C=O) groups is 1. The van der Waals surface area contributed by atoms with Crippen molar-refractivity contribution >= 4 is 11.8 Å². The van der Waals surface area contributed by atoms with Crippen molar-refractivity contribution in [1.82, 2.24) is 14.9 Å². The van der Waals surface area contributed by atoms with Crippen LogP contribution in [0.25, 0.3) is 0 Å². The van der Waals surface area contributed by atoms with E-state index in [0.29, 0.717) is 0 Å². The van der Waals surface area contributed by atoms with Crippen molar-refractivity contribution in [3.05, 3.63) is 61.8 Å². The number of hydrogen-bond acceptors (Lipinski definition) is 3. The molecule has 10 heteroatoms. The minimum atomic E-state index is -4.49. The number of alkyl halides is 3. The number of amides is 2. The molecule has 0 saturated heterocycles. The van der Waals surface area contributed by atoms with Crippen LogP contribution in [-0.4, -0.2) is 15.6 Å². The molecule has 1 aliphatic rings. The number of fused-ring (bicyclic) bond motifs is 1. The highest BCUT2D eigenvalue weighted by Gasteiger charge is 2.33. The molecule has 3 rings (SSSR count). The van der Waals surface area contributed by atoms with Gasteiger partial charge in [-0.3, -0.25) is 19.7 Å². The van der Waals surface area contributed by atoms with Crippen molar-refractivity contribution in [2.75, 3.05) is 5.32 Å². The Morgan fingerprint density at radius 1 is 1.08 bits per heavy atom. The smallest absolute Gasteiger partial charge is 0.327 e. The Morgan fingerprint density at radius 3 is 2.29 bits per heavy atom. The van der Waals surface area contributed by atoms with Crippen LogP contribution in [0.1, 0.15) is 22.7 Å². The summed E-state index contributed by atoms with van der Waals surface area (Å²) >= 11 is 0. The fourth-order valence-corrected chi connectivity index (χ4v) is 2.52. The third kappa shape index (κ3) is 2.55. The van der Waals surface area contributed by atoms with Crippen molar-refractivity contribution in [1.29, 1.82) is 0 Å². The number of hydrogen-bond donors (Lipinski definition) is 3. The number of benzene rings is 1. The maximum atomic E-state index is 12.7. The summed E-state index contributed by atoms with van der Waals surface area (Å²) in [6.07, 6.45) is -4.49. The number of aromatic nitrogens is 2. The second-order valence-corrected chi connectivity index (χ2v) is 5.23. The van der Waals surface area contributed by atoms with Gasteiger partial charge in [-0.05, 0) is 17.7 Å². The van der Waals surface area contributed by atoms with Gasteiger partial charge in [0.2, 0.25) is 0 Å². The van der Waals surface area contributed by atoms with E-state index in [1.165, 1.54) is 19.2 Å². The molecule has 7 nitrogen and oxygen atoms in total. The molecule has 2 amide bonds. The normalized spacial score (nSPS) is 17.0. The second kappa shape index (κ2) is 5.25. The van der Waals surface area contributed by atoms with Crippen molar-refractivity contribution in [2.24, 2.45) is 7.05 Å². The molecule has 126 valence electrons. The van der Waals surface area contributed by atoms with Gasteiger partial charge in [-0.25, -0.2) is 9.59 Å². The standard InChI is InChI=1S/C14H11F3N4O3/c1-21-10-8(11(22)20-13(21)24)9(18-12(23)19-10)6-2-4-7(5-3-6)14(15,16)17/h2-5,9H,1H3,(H2,18,19,23)(H,20,22,24). The third-order valence-corrected chi connectivity index (χ3v) is 3.73. The first-order chi connectivity index (χ1) is 11.2. The lowest BCUT2D eigenvalue weighted by molar-refractivity contribution is -0.137. The molecule has 0 bridgehead atoms. The highest BCUT2D eigenvalue weighted by Crippen LogP contribution is 2.32. The molecular weight excluding hydrogens is 329 g/mol. The average Bonchev–Trinajstić information content (AvgIpc) is 2.51. The zero-order valence-electron chi connectivity index (χ0n) is 12.2. The van der Waals surface area contributed by atoms with Crippen LogP contribution in [0.2, 0.25) is 0 Å². The lowest BCUT2D eigenvalue weighted by atomic mass is 9.97. The predicted molar refractivity (Wildman–Crippen MR) is 77.7 cm³/mol. The van der Waals surface area contributed by atoms with Gasteiger partial charge >= 0.3 is 17.9 Å². The van der Waals surface area contributed by atoms with Gasteiger partial charge in [0.15, 0.2) is 0 Å². The summed E-state index contributed by atoms with van der Waals surface area (Å²) < 4.78 is 39.0. The van der Waals surface area contributed by atoms with Gasteiger partial charge in [-0.1, -0.05) is 12.1 Å². The van der Waals surface area contributed by atoms with E-state index < -0.39 is 35.1 Å². The summed E-state index contributed by atoms with van der Waals surface area (Å²) in [5, 5.41) is 4.83. The minimum Gasteiger partial charge on any atom is -0.327 e. The van der Waals surface area contributed by atoms with Crippen molar-refractivity contribution in [2.45, 2.75) is 12.2 Å². The van der Waals surface area contributed by atoms with E-state index in [9.17, 15) is 27.6 Å². The van der Waals surface area contributed by atoms with Gasteiger partial charge in [0.1, 0.15) is 5.82 Å². The van der Waals surface area contributed by atoms with E-state index in [-0.39, 0.29) is 16.9 Å². The number of anilines is 1. The van der Waals surface area contributed by atoms with Crippen molar-refractivity contribution in [3.63, 3.8) is 0 Å². The maximum Gasteiger partial charge on any atom is 0.416 e. The number of rotatable bonds is 1. The average molecular weight is 340 g/mol. The van der Waals surface area contributed by atoms with E-state index in [0.717, 1.165) is 16.7 Å². The van der Waals surface area contributed by atoms with Crippen LogP contribution < -0.4 is 21.9 Å². The molecule has 0 saturated carbocycles. The summed E-state index contributed by atoms with van der Waals surface area (Å²) in [4.78, 5) is 37.6. The predicted octanol–water partition coefficient (Wildman–Crippen LogP) is 1.32. The zero-order chi connectivity index (χ0) is 17.6. The Labute approximate surface area is 132 Å². The summed E-state index contributed by atoms with van der Waals surface area (Å²) in [5.41, 5.74) is -1.97. The molecule has 24 heavy (non-hydrogen) atoms. The van der Waals surface area contributed by atoms with E-state index in [1.807, 2.05) is 0 Å². The van der Waals surface area contributed by atoms with Crippen LogP contribution in [0.15, 0.2) is 33.9 Å². The number of nitrogens with one attached hydrogen (secondary N) is 3. The monoisotopic (exact) mass is 340 g/mol. The highest BCUT2D eigenvalue weighted by molar-refractivity contribution is 5.92. The topological polar surface area (TPSA) is 96.0 Å². The van der Waals surface area contributed by atoms with Gasteiger partial charge in [-0.2, -0.15) is 13.2 Å². The summed E-state index contributed by atoms with van der Waals surface area (Å²) in [7, 11) is 1.35. The number of halogens is 3. The Hall–Kier alpha value is -3.04. The van der Waals surface area contributed by atoms with Gasteiger partial charge < -0.3 is 5.32 Å². The SMILES string of the molecule is Cn1c2c(c(=O)[nH]c1=O)C(c1ccc(C(F)(F)F)cc1)NC(=O)N2. The number of nitrogens with zero attached hydrogens (tertiary/aromatic N) is 1. The third-order valence-electron chi connectivity index (χ3n) is 3.73.